The van der Waals surface area contributed by atoms with Crippen LogP contribution in [0.2, 0.25) is 0 Å². The van der Waals surface area contributed by atoms with E-state index in [0.29, 0.717) is 0 Å². The molecule has 4 bridgehead atoms. The van der Waals surface area contributed by atoms with Crippen molar-refractivity contribution in [1.29, 1.82) is 0 Å². The second-order valence-corrected chi connectivity index (χ2v) is 6.55. The van der Waals surface area contributed by atoms with Crippen molar-refractivity contribution in [3.8, 4) is 0 Å². The van der Waals surface area contributed by atoms with Crippen LogP contribution in [0.4, 0.5) is 0 Å². The monoisotopic (exact) mass is 317 g/mol. The Labute approximate surface area is 133 Å². The minimum absolute atomic E-state index is 0.00878. The number of aromatic carboxylic acids is 1. The van der Waals surface area contributed by atoms with Crippen LogP contribution >= 0.6 is 0 Å². The summed E-state index contributed by atoms with van der Waals surface area (Å²) in [6, 6.07) is 5.88. The van der Waals surface area contributed by atoms with Crippen molar-refractivity contribution in [3.05, 3.63) is 35.4 Å². The summed E-state index contributed by atoms with van der Waals surface area (Å²) in [5, 5.41) is 11.1. The molecule has 0 saturated carbocycles. The zero-order valence-corrected chi connectivity index (χ0v) is 12.8. The molecule has 4 saturated heterocycles. The molecule has 4 fully saturated rings. The molecule has 6 heteroatoms. The summed E-state index contributed by atoms with van der Waals surface area (Å²) in [6.45, 7) is 4.11. The van der Waals surface area contributed by atoms with Crippen molar-refractivity contribution in [1.82, 2.24) is 0 Å². The number of esters is 1. The van der Waals surface area contributed by atoms with Crippen molar-refractivity contribution in [2.75, 3.05) is 0 Å². The summed E-state index contributed by atoms with van der Waals surface area (Å²) in [7, 11) is 0. The van der Waals surface area contributed by atoms with Crippen molar-refractivity contribution in [2.45, 2.75) is 44.4 Å². The van der Waals surface area contributed by atoms with Crippen LogP contribution in [0.25, 0.3) is 0 Å². The molecule has 4 aliphatic heterocycles. The second kappa shape index (κ2) is 5.04. The zero-order valence-electron chi connectivity index (χ0n) is 12.8. The van der Waals surface area contributed by atoms with Crippen molar-refractivity contribution in [2.24, 2.45) is 11.8 Å². The first-order chi connectivity index (χ1) is 11.0. The highest BCUT2D eigenvalue weighted by molar-refractivity contribution is 6.01. The van der Waals surface area contributed by atoms with Crippen LogP contribution in [0.1, 0.15) is 34.6 Å². The van der Waals surface area contributed by atoms with E-state index in [4.69, 9.17) is 14.2 Å². The van der Waals surface area contributed by atoms with Crippen molar-refractivity contribution < 1.29 is 28.9 Å². The Hall–Kier alpha value is -1.92. The van der Waals surface area contributed by atoms with Crippen LogP contribution in [-0.4, -0.2) is 42.5 Å². The number of hydrogen-bond donors (Lipinski definition) is 0. The Morgan fingerprint density at radius 1 is 0.957 bits per heavy atom. The smallest absolute Gasteiger partial charge is 0.339 e. The lowest BCUT2D eigenvalue weighted by Gasteiger charge is -2.38. The van der Waals surface area contributed by atoms with Gasteiger partial charge in [0.25, 0.3) is 0 Å². The van der Waals surface area contributed by atoms with Crippen LogP contribution < -0.4 is 5.11 Å². The molecule has 1 aromatic rings. The quantitative estimate of drug-likeness (QED) is 0.750. The molecule has 7 atom stereocenters. The van der Waals surface area contributed by atoms with Gasteiger partial charge in [-0.1, -0.05) is 32.0 Å². The first kappa shape index (κ1) is 14.7. The predicted molar refractivity (Wildman–Crippen MR) is 75.6 cm³/mol. The zero-order chi connectivity index (χ0) is 16.3. The highest BCUT2D eigenvalue weighted by atomic mass is 16.6. The van der Waals surface area contributed by atoms with E-state index in [0.717, 1.165) is 0 Å². The molecule has 4 aliphatic rings. The molecule has 0 aliphatic carbocycles. The summed E-state index contributed by atoms with van der Waals surface area (Å²) in [6.07, 6.45) is -0.891. The Morgan fingerprint density at radius 3 is 2.26 bits per heavy atom. The SMILES string of the molecule is C[C@@H]1[C@@H]2O[C@@H]3[C@@H](OC(=O)c4ccccc4C(=O)[O-])[C@H]1O[C@@H]3[C@H]2C. The van der Waals surface area contributed by atoms with E-state index in [1.54, 1.807) is 6.07 Å². The topological polar surface area (TPSA) is 84.9 Å². The van der Waals surface area contributed by atoms with Crippen LogP contribution in [0.5, 0.6) is 0 Å². The maximum absolute atomic E-state index is 12.4. The molecule has 0 unspecified atom stereocenters. The van der Waals surface area contributed by atoms with Crippen LogP contribution in [0, 0.1) is 11.8 Å². The summed E-state index contributed by atoms with van der Waals surface area (Å²) in [4.78, 5) is 23.6. The Balaban J connectivity index is 1.58. The molecule has 0 aromatic heterocycles. The fraction of sp³-hybridized carbons (Fsp3) is 0.529. The van der Waals surface area contributed by atoms with Crippen LogP contribution in [0.3, 0.4) is 0 Å². The van der Waals surface area contributed by atoms with Gasteiger partial charge in [0.1, 0.15) is 12.2 Å². The van der Waals surface area contributed by atoms with Crippen molar-refractivity contribution in [3.63, 3.8) is 0 Å². The van der Waals surface area contributed by atoms with Gasteiger partial charge in [-0.25, -0.2) is 4.79 Å². The minimum atomic E-state index is -1.40. The van der Waals surface area contributed by atoms with E-state index in [2.05, 4.69) is 6.92 Å². The average molecular weight is 317 g/mol. The third kappa shape index (κ3) is 2.01. The molecular formula is C17H17O6-. The average Bonchev–Trinajstić information content (AvgIpc) is 2.96. The molecule has 6 nitrogen and oxygen atoms in total. The van der Waals surface area contributed by atoms with Gasteiger partial charge < -0.3 is 24.1 Å². The third-order valence-corrected chi connectivity index (χ3v) is 5.28. The predicted octanol–water partition coefficient (Wildman–Crippen LogP) is 0.396. The van der Waals surface area contributed by atoms with E-state index >= 15 is 0 Å². The van der Waals surface area contributed by atoms with E-state index in [9.17, 15) is 14.7 Å². The summed E-state index contributed by atoms with van der Waals surface area (Å²) in [5.74, 6) is -1.68. The van der Waals surface area contributed by atoms with E-state index in [-0.39, 0.29) is 47.4 Å². The number of benzene rings is 1. The van der Waals surface area contributed by atoms with Gasteiger partial charge in [0, 0.05) is 17.4 Å². The van der Waals surface area contributed by atoms with Crippen LogP contribution in [-0.2, 0) is 14.2 Å². The maximum atomic E-state index is 12.4. The van der Waals surface area contributed by atoms with E-state index in [1.807, 2.05) is 6.92 Å². The number of carbonyl (C=O) groups is 2. The van der Waals surface area contributed by atoms with Gasteiger partial charge >= 0.3 is 5.97 Å². The first-order valence-electron chi connectivity index (χ1n) is 7.81. The molecule has 0 N–H and O–H groups in total. The Morgan fingerprint density at radius 2 is 1.57 bits per heavy atom. The fourth-order valence-electron chi connectivity index (χ4n) is 4.15. The van der Waals surface area contributed by atoms with Gasteiger partial charge in [0.2, 0.25) is 0 Å². The summed E-state index contributed by atoms with van der Waals surface area (Å²) in [5.41, 5.74) is -0.182. The van der Waals surface area contributed by atoms with Gasteiger partial charge in [-0.3, -0.25) is 0 Å². The standard InChI is InChI=1S/C17H18O6/c1-7-11-8(2)13-15(14(21-11)12(7)22-13)23-17(20)10-6-4-3-5-9(10)16(18)19/h3-8,11-15H,1-2H3,(H,18,19)/p-1/t7-,8+,11+,12+,13-,14-,15-/m0/s1. The Kier molecular flexibility index (Phi) is 3.21. The van der Waals surface area contributed by atoms with Crippen LogP contribution in [0.15, 0.2) is 24.3 Å². The molecule has 4 heterocycles. The molecule has 122 valence electrons. The molecule has 23 heavy (non-hydrogen) atoms. The third-order valence-electron chi connectivity index (χ3n) is 5.28. The van der Waals surface area contributed by atoms with Crippen molar-refractivity contribution >= 4 is 11.9 Å². The Bertz CT molecular complexity index is 667. The largest absolute Gasteiger partial charge is 0.545 e. The van der Waals surface area contributed by atoms with E-state index < -0.39 is 18.0 Å². The lowest BCUT2D eigenvalue weighted by atomic mass is 9.87. The van der Waals surface area contributed by atoms with Gasteiger partial charge in [-0.2, -0.15) is 0 Å². The molecule has 0 radical (unpaired) electrons. The van der Waals surface area contributed by atoms with Gasteiger partial charge in [-0.05, 0) is 6.07 Å². The molecule has 5 rings (SSSR count). The lowest BCUT2D eigenvalue weighted by Crippen LogP contribution is -2.49. The van der Waals surface area contributed by atoms with Gasteiger partial charge in [0.05, 0.1) is 23.7 Å². The number of rotatable bonds is 3. The molecular weight excluding hydrogens is 300 g/mol. The number of hydrogen-bond acceptors (Lipinski definition) is 6. The van der Waals surface area contributed by atoms with Gasteiger partial charge in [-0.15, -0.1) is 0 Å². The number of carboxylic acids is 1. The highest BCUT2D eigenvalue weighted by Crippen LogP contribution is 2.50. The number of carboxylic acid groups (broad SMARTS) is 1. The second-order valence-electron chi connectivity index (χ2n) is 6.55. The molecule has 0 amide bonds. The minimum Gasteiger partial charge on any atom is -0.545 e. The summed E-state index contributed by atoms with van der Waals surface area (Å²) >= 11 is 0. The maximum Gasteiger partial charge on any atom is 0.339 e. The molecule has 0 spiro atoms. The number of ether oxygens (including phenoxy) is 3. The summed E-state index contributed by atoms with van der Waals surface area (Å²) < 4.78 is 17.5. The normalized spacial score (nSPS) is 40.3. The highest BCUT2D eigenvalue weighted by Gasteiger charge is 2.65. The number of carbonyl (C=O) groups excluding carboxylic acids is 2. The lowest BCUT2D eigenvalue weighted by molar-refractivity contribution is -0.255. The first-order valence-corrected chi connectivity index (χ1v) is 7.81. The van der Waals surface area contributed by atoms with Gasteiger partial charge in [0.15, 0.2) is 6.10 Å². The molecule has 1 aromatic carbocycles. The van der Waals surface area contributed by atoms with E-state index in [1.165, 1.54) is 18.2 Å². The fourth-order valence-corrected chi connectivity index (χ4v) is 4.15.